The zero-order valence-corrected chi connectivity index (χ0v) is 11.5. The largest absolute Gasteiger partial charge is 0.489 e. The van der Waals surface area contributed by atoms with Gasteiger partial charge in [0, 0.05) is 25.7 Å². The summed E-state index contributed by atoms with van der Waals surface area (Å²) in [6.45, 7) is 3.68. The summed E-state index contributed by atoms with van der Waals surface area (Å²) in [6, 6.07) is 19.0. The van der Waals surface area contributed by atoms with E-state index in [1.807, 2.05) is 18.2 Å². The van der Waals surface area contributed by atoms with Crippen LogP contribution in [0.5, 0.6) is 5.75 Å². The van der Waals surface area contributed by atoms with Gasteiger partial charge in [0.15, 0.2) is 0 Å². The second kappa shape index (κ2) is 6.55. The topological polar surface area (TPSA) is 33.3 Å². The number of piperazine rings is 1. The lowest BCUT2D eigenvalue weighted by Gasteiger charge is -2.24. The van der Waals surface area contributed by atoms with E-state index in [2.05, 4.69) is 47.0 Å². The molecular weight excluding hydrogens is 248 g/mol. The van der Waals surface area contributed by atoms with Gasteiger partial charge in [-0.3, -0.25) is 0 Å². The molecule has 3 heteroatoms. The lowest BCUT2D eigenvalue weighted by molar-refractivity contribution is 0.306. The molecular formula is C17H20N2O. The fourth-order valence-electron chi connectivity index (χ4n) is 2.43. The molecule has 1 atom stereocenters. The van der Waals surface area contributed by atoms with Crippen molar-refractivity contribution in [1.29, 1.82) is 0 Å². The van der Waals surface area contributed by atoms with Crippen molar-refractivity contribution < 1.29 is 4.74 Å². The van der Waals surface area contributed by atoms with E-state index in [0.29, 0.717) is 12.6 Å². The van der Waals surface area contributed by atoms with Gasteiger partial charge in [-0.2, -0.15) is 0 Å². The smallest absolute Gasteiger partial charge is 0.119 e. The summed E-state index contributed by atoms with van der Waals surface area (Å²) < 4.78 is 5.80. The van der Waals surface area contributed by atoms with Crippen molar-refractivity contribution >= 4 is 0 Å². The Morgan fingerprint density at radius 1 is 0.950 bits per heavy atom. The molecule has 1 aliphatic rings. The van der Waals surface area contributed by atoms with Crippen molar-refractivity contribution in [2.45, 2.75) is 12.6 Å². The fraction of sp³-hybridized carbons (Fsp3) is 0.294. The van der Waals surface area contributed by atoms with Gasteiger partial charge in [-0.05, 0) is 23.3 Å². The number of hydrogen-bond donors (Lipinski definition) is 2. The van der Waals surface area contributed by atoms with Crippen molar-refractivity contribution in [2.24, 2.45) is 0 Å². The average molecular weight is 268 g/mol. The maximum atomic E-state index is 5.80. The minimum Gasteiger partial charge on any atom is -0.489 e. The lowest BCUT2D eigenvalue weighted by atomic mass is 10.1. The van der Waals surface area contributed by atoms with Crippen LogP contribution in [0.25, 0.3) is 0 Å². The molecule has 1 heterocycles. The van der Waals surface area contributed by atoms with Crippen LogP contribution in [-0.2, 0) is 6.61 Å². The molecule has 0 aromatic heterocycles. The molecule has 1 fully saturated rings. The summed E-state index contributed by atoms with van der Waals surface area (Å²) in [5.74, 6) is 0.918. The summed E-state index contributed by atoms with van der Waals surface area (Å²) in [4.78, 5) is 0. The molecule has 104 valence electrons. The summed E-state index contributed by atoms with van der Waals surface area (Å²) >= 11 is 0. The van der Waals surface area contributed by atoms with Crippen molar-refractivity contribution in [3.63, 3.8) is 0 Å². The van der Waals surface area contributed by atoms with Gasteiger partial charge in [0.25, 0.3) is 0 Å². The predicted octanol–water partition coefficient (Wildman–Crippen LogP) is 2.50. The first kappa shape index (κ1) is 13.2. The number of ether oxygens (including phenoxy) is 1. The number of nitrogens with one attached hydrogen (secondary N) is 2. The fourth-order valence-corrected chi connectivity index (χ4v) is 2.43. The monoisotopic (exact) mass is 268 g/mol. The second-order valence-corrected chi connectivity index (χ2v) is 5.05. The Bertz CT molecular complexity index is 518. The van der Waals surface area contributed by atoms with Crippen LogP contribution < -0.4 is 15.4 Å². The van der Waals surface area contributed by atoms with Gasteiger partial charge in [-0.15, -0.1) is 0 Å². The van der Waals surface area contributed by atoms with E-state index in [1.54, 1.807) is 0 Å². The summed E-state index contributed by atoms with van der Waals surface area (Å²) in [7, 11) is 0. The Morgan fingerprint density at radius 2 is 1.75 bits per heavy atom. The van der Waals surface area contributed by atoms with E-state index >= 15 is 0 Å². The van der Waals surface area contributed by atoms with E-state index in [9.17, 15) is 0 Å². The maximum absolute atomic E-state index is 5.80. The SMILES string of the molecule is c1ccc(COc2ccc(C3CNCCN3)cc2)cc1. The van der Waals surface area contributed by atoms with Gasteiger partial charge in [0.05, 0.1) is 0 Å². The van der Waals surface area contributed by atoms with E-state index in [0.717, 1.165) is 25.4 Å². The number of hydrogen-bond acceptors (Lipinski definition) is 3. The summed E-state index contributed by atoms with van der Waals surface area (Å²) in [5, 5.41) is 6.91. The summed E-state index contributed by atoms with van der Waals surface area (Å²) in [6.07, 6.45) is 0. The van der Waals surface area contributed by atoms with Crippen molar-refractivity contribution in [3.05, 3.63) is 65.7 Å². The molecule has 2 aromatic rings. The highest BCUT2D eigenvalue weighted by atomic mass is 16.5. The summed E-state index contributed by atoms with van der Waals surface area (Å²) in [5.41, 5.74) is 2.50. The van der Waals surface area contributed by atoms with Crippen molar-refractivity contribution in [1.82, 2.24) is 10.6 Å². The zero-order chi connectivity index (χ0) is 13.6. The van der Waals surface area contributed by atoms with E-state index in [-0.39, 0.29) is 0 Å². The van der Waals surface area contributed by atoms with E-state index < -0.39 is 0 Å². The van der Waals surface area contributed by atoms with Crippen LogP contribution in [0.1, 0.15) is 17.2 Å². The third-order valence-corrected chi connectivity index (χ3v) is 3.57. The highest BCUT2D eigenvalue weighted by molar-refractivity contribution is 5.30. The van der Waals surface area contributed by atoms with Crippen molar-refractivity contribution in [2.75, 3.05) is 19.6 Å². The minimum atomic E-state index is 0.409. The average Bonchev–Trinajstić information content (AvgIpc) is 2.55. The Labute approximate surface area is 120 Å². The predicted molar refractivity (Wildman–Crippen MR) is 80.8 cm³/mol. The standard InChI is InChI=1S/C17H20N2O/c1-2-4-14(5-3-1)13-20-16-8-6-15(7-9-16)17-12-18-10-11-19-17/h1-9,17-19H,10-13H2. The van der Waals surface area contributed by atoms with E-state index in [1.165, 1.54) is 11.1 Å². The molecule has 1 aliphatic heterocycles. The maximum Gasteiger partial charge on any atom is 0.119 e. The van der Waals surface area contributed by atoms with Crippen LogP contribution in [-0.4, -0.2) is 19.6 Å². The Morgan fingerprint density at radius 3 is 2.45 bits per heavy atom. The quantitative estimate of drug-likeness (QED) is 0.894. The van der Waals surface area contributed by atoms with Crippen molar-refractivity contribution in [3.8, 4) is 5.75 Å². The zero-order valence-electron chi connectivity index (χ0n) is 11.5. The third kappa shape index (κ3) is 3.38. The lowest BCUT2D eigenvalue weighted by Crippen LogP contribution is -2.42. The Hall–Kier alpha value is -1.84. The molecule has 1 saturated heterocycles. The molecule has 3 rings (SSSR count). The molecule has 2 N–H and O–H groups in total. The van der Waals surface area contributed by atoms with Gasteiger partial charge in [-0.25, -0.2) is 0 Å². The second-order valence-electron chi connectivity index (χ2n) is 5.05. The van der Waals surface area contributed by atoms with Crippen LogP contribution in [0.4, 0.5) is 0 Å². The first-order valence-electron chi connectivity index (χ1n) is 7.12. The van der Waals surface area contributed by atoms with Crippen LogP contribution in [0.15, 0.2) is 54.6 Å². The van der Waals surface area contributed by atoms with Crippen LogP contribution in [0, 0.1) is 0 Å². The number of benzene rings is 2. The molecule has 20 heavy (non-hydrogen) atoms. The molecule has 0 bridgehead atoms. The molecule has 0 aliphatic carbocycles. The first-order valence-corrected chi connectivity index (χ1v) is 7.12. The Kier molecular flexibility index (Phi) is 4.31. The van der Waals surface area contributed by atoms with Gasteiger partial charge in [0.1, 0.15) is 12.4 Å². The Balaban J connectivity index is 1.58. The molecule has 0 amide bonds. The van der Waals surface area contributed by atoms with Crippen LogP contribution in [0.3, 0.4) is 0 Å². The van der Waals surface area contributed by atoms with Gasteiger partial charge in [-0.1, -0.05) is 42.5 Å². The third-order valence-electron chi connectivity index (χ3n) is 3.57. The minimum absolute atomic E-state index is 0.409. The highest BCUT2D eigenvalue weighted by Gasteiger charge is 2.13. The molecule has 0 radical (unpaired) electrons. The van der Waals surface area contributed by atoms with Gasteiger partial charge < -0.3 is 15.4 Å². The van der Waals surface area contributed by atoms with Crippen LogP contribution >= 0.6 is 0 Å². The highest BCUT2D eigenvalue weighted by Crippen LogP contribution is 2.19. The van der Waals surface area contributed by atoms with Crippen LogP contribution in [0.2, 0.25) is 0 Å². The molecule has 0 saturated carbocycles. The van der Waals surface area contributed by atoms with E-state index in [4.69, 9.17) is 4.74 Å². The first-order chi connectivity index (χ1) is 9.92. The number of rotatable bonds is 4. The van der Waals surface area contributed by atoms with Gasteiger partial charge >= 0.3 is 0 Å². The molecule has 3 nitrogen and oxygen atoms in total. The molecule has 0 spiro atoms. The molecule has 1 unspecified atom stereocenters. The van der Waals surface area contributed by atoms with Gasteiger partial charge in [0.2, 0.25) is 0 Å². The normalized spacial score (nSPS) is 18.7. The molecule has 2 aromatic carbocycles.